The number of nitrogens with zero attached hydrogens (tertiary/aromatic N) is 3. The highest BCUT2D eigenvalue weighted by Crippen LogP contribution is 2.30. The lowest BCUT2D eigenvalue weighted by Crippen LogP contribution is -2.48. The van der Waals surface area contributed by atoms with Crippen molar-refractivity contribution in [3.05, 3.63) is 161 Å². The van der Waals surface area contributed by atoms with Gasteiger partial charge in [-0.3, -0.25) is 19.3 Å². The molecular formula is C38H38N6O2. The summed E-state index contributed by atoms with van der Waals surface area (Å²) in [6.45, 7) is 4.36. The van der Waals surface area contributed by atoms with Crippen LogP contribution in [0.3, 0.4) is 0 Å². The lowest BCUT2D eigenvalue weighted by Gasteiger charge is -2.28. The highest BCUT2D eigenvalue weighted by Gasteiger charge is 2.33. The fourth-order valence-corrected chi connectivity index (χ4v) is 5.54. The van der Waals surface area contributed by atoms with Crippen molar-refractivity contribution in [3.8, 4) is 0 Å². The van der Waals surface area contributed by atoms with Gasteiger partial charge in [0.15, 0.2) is 0 Å². The third-order valence-corrected chi connectivity index (χ3v) is 7.81. The first-order chi connectivity index (χ1) is 22.3. The number of rotatable bonds is 11. The van der Waals surface area contributed by atoms with E-state index < -0.39 is 17.9 Å². The molecule has 4 N–H and O–H groups in total. The molecule has 8 nitrogen and oxygen atoms in total. The van der Waals surface area contributed by atoms with Gasteiger partial charge in [-0.05, 0) is 54.3 Å². The molecule has 8 heteroatoms. The van der Waals surface area contributed by atoms with Crippen LogP contribution in [0.25, 0.3) is 5.57 Å². The van der Waals surface area contributed by atoms with Gasteiger partial charge in [-0.15, -0.1) is 0 Å². The Labute approximate surface area is 269 Å². The molecule has 2 amide bonds. The number of aliphatic imine (C=N–C) groups is 1. The summed E-state index contributed by atoms with van der Waals surface area (Å²) in [7, 11) is 1.69. The second-order valence-electron chi connectivity index (χ2n) is 11.1. The fraction of sp³-hybridized carbons (Fsp3) is 0.158. The van der Waals surface area contributed by atoms with E-state index in [4.69, 9.17) is 10.7 Å². The zero-order valence-electron chi connectivity index (χ0n) is 26.2. The Bertz CT molecular complexity index is 1790. The first-order valence-corrected chi connectivity index (χ1v) is 15.1. The summed E-state index contributed by atoms with van der Waals surface area (Å²) in [5.74, 6) is -1.21. The van der Waals surface area contributed by atoms with Crippen molar-refractivity contribution in [1.82, 2.24) is 15.1 Å². The maximum atomic E-state index is 14.1. The molecule has 0 aliphatic heterocycles. The summed E-state index contributed by atoms with van der Waals surface area (Å²) in [6, 6.07) is 37.7. The van der Waals surface area contributed by atoms with E-state index in [1.54, 1.807) is 19.3 Å². The molecule has 232 valence electrons. The van der Waals surface area contributed by atoms with Crippen LogP contribution in [0.5, 0.6) is 0 Å². The molecule has 4 aromatic carbocycles. The van der Waals surface area contributed by atoms with Gasteiger partial charge in [-0.2, -0.15) is 5.10 Å². The molecule has 0 fully saturated rings. The van der Waals surface area contributed by atoms with Gasteiger partial charge in [0, 0.05) is 41.8 Å². The van der Waals surface area contributed by atoms with E-state index in [1.165, 1.54) is 4.68 Å². The maximum Gasteiger partial charge on any atom is 0.270 e. The number of nitrogens with one attached hydrogen (secondary N) is 2. The number of carbonyl (C=O) groups is 2. The van der Waals surface area contributed by atoms with Gasteiger partial charge >= 0.3 is 0 Å². The number of hydrogen-bond acceptors (Lipinski definition) is 5. The van der Waals surface area contributed by atoms with Gasteiger partial charge in [0.2, 0.25) is 5.91 Å². The Hall–Kier alpha value is -5.76. The van der Waals surface area contributed by atoms with Gasteiger partial charge in [0.25, 0.3) is 5.91 Å². The van der Waals surface area contributed by atoms with Crippen LogP contribution < -0.4 is 16.4 Å². The first-order valence-electron chi connectivity index (χ1n) is 15.1. The molecule has 1 heterocycles. The fourth-order valence-electron chi connectivity index (χ4n) is 5.54. The number of anilines is 1. The van der Waals surface area contributed by atoms with Crippen LogP contribution in [-0.2, 0) is 18.4 Å². The third kappa shape index (κ3) is 7.65. The number of benzene rings is 4. The van der Waals surface area contributed by atoms with Crippen molar-refractivity contribution in [1.29, 1.82) is 0 Å². The molecular weight excluding hydrogens is 572 g/mol. The summed E-state index contributed by atoms with van der Waals surface area (Å²) >= 11 is 0. The van der Waals surface area contributed by atoms with Crippen LogP contribution in [0.15, 0.2) is 138 Å². The van der Waals surface area contributed by atoms with Gasteiger partial charge in [-0.25, -0.2) is 0 Å². The zero-order valence-corrected chi connectivity index (χ0v) is 26.2. The number of amides is 2. The lowest BCUT2D eigenvalue weighted by atomic mass is 9.84. The van der Waals surface area contributed by atoms with Crippen molar-refractivity contribution in [2.24, 2.45) is 17.8 Å². The standard InChI is InChI=1S/C38H38N6O2/c1-26(39)34(27(2)40-25-28-13-7-4-8-14-28)31-19-21-32(22-20-31)42-38(46)36(43-37(45)33-23-24-41-44(33)3)35(29-15-9-5-10-16-29)30-17-11-6-12-18-30/h4-24,35-36H,25,39H2,1-3H3,(H,42,46)(H,43,45)/b34-26+,40-27?/t36-/m0/s1. The Morgan fingerprint density at radius 1 is 0.804 bits per heavy atom. The van der Waals surface area contributed by atoms with E-state index in [2.05, 4.69) is 15.7 Å². The Morgan fingerprint density at radius 3 is 1.89 bits per heavy atom. The number of carbonyl (C=O) groups excluding carboxylic acids is 2. The number of aryl methyl sites for hydroxylation is 1. The van der Waals surface area contributed by atoms with Gasteiger partial charge in [0.05, 0.1) is 6.54 Å². The van der Waals surface area contributed by atoms with Crippen LogP contribution in [0, 0.1) is 0 Å². The summed E-state index contributed by atoms with van der Waals surface area (Å²) in [5.41, 5.74) is 13.4. The maximum absolute atomic E-state index is 14.1. The molecule has 0 saturated heterocycles. The molecule has 5 rings (SSSR count). The Morgan fingerprint density at radius 2 is 1.37 bits per heavy atom. The van der Waals surface area contributed by atoms with E-state index in [1.807, 2.05) is 129 Å². The van der Waals surface area contributed by atoms with Crippen molar-refractivity contribution in [3.63, 3.8) is 0 Å². The van der Waals surface area contributed by atoms with Crippen LogP contribution in [-0.4, -0.2) is 33.3 Å². The molecule has 0 bridgehead atoms. The number of nitrogens with two attached hydrogens (primary N) is 1. The van der Waals surface area contributed by atoms with Crippen LogP contribution in [0.1, 0.15) is 52.5 Å². The van der Waals surface area contributed by atoms with E-state index in [0.717, 1.165) is 33.5 Å². The highest BCUT2D eigenvalue weighted by molar-refractivity contribution is 6.23. The van der Waals surface area contributed by atoms with E-state index in [0.29, 0.717) is 23.6 Å². The third-order valence-electron chi connectivity index (χ3n) is 7.81. The molecule has 0 spiro atoms. The summed E-state index contributed by atoms with van der Waals surface area (Å²) < 4.78 is 1.48. The molecule has 0 radical (unpaired) electrons. The van der Waals surface area contributed by atoms with Gasteiger partial charge in [0.1, 0.15) is 11.7 Å². The SMILES string of the molecule is CC(=NCc1ccccc1)/C(=C(/C)N)c1ccc(NC(=O)[C@@H](NC(=O)c2ccnn2C)C(c2ccccc2)c2ccccc2)cc1. The van der Waals surface area contributed by atoms with E-state index >= 15 is 0 Å². The minimum Gasteiger partial charge on any atom is -0.402 e. The second kappa shape index (κ2) is 14.8. The van der Waals surface area contributed by atoms with E-state index in [9.17, 15) is 9.59 Å². The van der Waals surface area contributed by atoms with Gasteiger partial charge < -0.3 is 16.4 Å². The monoisotopic (exact) mass is 610 g/mol. The van der Waals surface area contributed by atoms with Crippen LogP contribution >= 0.6 is 0 Å². The van der Waals surface area contributed by atoms with Crippen molar-refractivity contribution < 1.29 is 9.59 Å². The number of aromatic nitrogens is 2. The zero-order chi connectivity index (χ0) is 32.5. The molecule has 0 aliphatic carbocycles. The molecule has 46 heavy (non-hydrogen) atoms. The van der Waals surface area contributed by atoms with Crippen LogP contribution in [0.2, 0.25) is 0 Å². The average Bonchev–Trinajstić information content (AvgIpc) is 3.51. The van der Waals surface area contributed by atoms with Crippen molar-refractivity contribution in [2.45, 2.75) is 32.4 Å². The topological polar surface area (TPSA) is 114 Å². The molecule has 0 saturated carbocycles. The Balaban J connectivity index is 1.43. The Kier molecular flexibility index (Phi) is 10.2. The quantitative estimate of drug-likeness (QED) is 0.151. The largest absolute Gasteiger partial charge is 0.402 e. The summed E-state index contributed by atoms with van der Waals surface area (Å²) in [5, 5.41) is 10.2. The molecule has 0 unspecified atom stereocenters. The number of allylic oxidation sites excluding steroid dienone is 2. The smallest absolute Gasteiger partial charge is 0.270 e. The normalized spacial score (nSPS) is 12.7. The summed E-state index contributed by atoms with van der Waals surface area (Å²) in [4.78, 5) is 32.4. The lowest BCUT2D eigenvalue weighted by molar-refractivity contribution is -0.118. The first kappa shape index (κ1) is 31.7. The van der Waals surface area contributed by atoms with E-state index in [-0.39, 0.29) is 5.91 Å². The minimum absolute atomic E-state index is 0.350. The second-order valence-corrected chi connectivity index (χ2v) is 11.1. The van der Waals surface area contributed by atoms with Crippen molar-refractivity contribution >= 4 is 28.8 Å². The number of hydrogen-bond donors (Lipinski definition) is 3. The average molecular weight is 611 g/mol. The predicted octanol–water partition coefficient (Wildman–Crippen LogP) is 6.34. The van der Waals surface area contributed by atoms with Crippen molar-refractivity contribution in [2.75, 3.05) is 5.32 Å². The minimum atomic E-state index is -0.944. The molecule has 1 atom stereocenters. The molecule has 1 aromatic heterocycles. The van der Waals surface area contributed by atoms with Gasteiger partial charge in [-0.1, -0.05) is 103 Å². The molecule has 5 aromatic rings. The van der Waals surface area contributed by atoms with Crippen LogP contribution in [0.4, 0.5) is 5.69 Å². The highest BCUT2D eigenvalue weighted by atomic mass is 16.2. The predicted molar refractivity (Wildman–Crippen MR) is 184 cm³/mol. The molecule has 0 aliphatic rings. The summed E-state index contributed by atoms with van der Waals surface area (Å²) in [6.07, 6.45) is 1.55.